The number of phenolic OH excluding ortho intramolecular Hbond substituents is 1. The maximum atomic E-state index is 11.7. The number of rotatable bonds is 2. The maximum Gasteiger partial charge on any atom is 0.252 e. The molecule has 0 fully saturated rings. The van der Waals surface area contributed by atoms with Crippen molar-refractivity contribution in [1.82, 2.24) is 5.32 Å². The molecule has 0 spiro atoms. The fraction of sp³-hybridized carbons (Fsp3) is 0.250. The number of amides is 1. The Morgan fingerprint density at radius 3 is 2.73 bits per heavy atom. The molecule has 0 heterocycles. The van der Waals surface area contributed by atoms with Crippen LogP contribution in [0.1, 0.15) is 24.2 Å². The molecule has 1 amide bonds. The molecule has 15 heavy (non-hydrogen) atoms. The molecular weight excluding hydrogens is 190 g/mol. The summed E-state index contributed by atoms with van der Waals surface area (Å²) in [6, 6.07) is 6.11. The van der Waals surface area contributed by atoms with E-state index in [2.05, 4.69) is 11.2 Å². The van der Waals surface area contributed by atoms with E-state index in [9.17, 15) is 9.90 Å². The Bertz CT molecular complexity index is 416. The molecule has 1 rings (SSSR count). The number of hydrogen-bond acceptors (Lipinski definition) is 2. The molecule has 0 aliphatic rings. The Kier molecular flexibility index (Phi) is 3.01. The summed E-state index contributed by atoms with van der Waals surface area (Å²) in [7, 11) is 0. The van der Waals surface area contributed by atoms with Gasteiger partial charge in [-0.3, -0.25) is 4.79 Å². The number of phenols is 1. The number of terminal acetylenes is 1. The fourth-order valence-corrected chi connectivity index (χ4v) is 1.04. The van der Waals surface area contributed by atoms with Gasteiger partial charge in [-0.25, -0.2) is 0 Å². The molecule has 0 aliphatic heterocycles. The van der Waals surface area contributed by atoms with Crippen molar-refractivity contribution in [2.75, 3.05) is 0 Å². The highest BCUT2D eigenvalue weighted by Crippen LogP contribution is 2.11. The minimum Gasteiger partial charge on any atom is -0.508 e. The SMILES string of the molecule is C#CC(C)(C)NC(=O)c1cccc(O)c1. The van der Waals surface area contributed by atoms with Gasteiger partial charge >= 0.3 is 0 Å². The van der Waals surface area contributed by atoms with Crippen LogP contribution in [0.25, 0.3) is 0 Å². The van der Waals surface area contributed by atoms with Crippen LogP contribution in [-0.2, 0) is 0 Å². The molecule has 2 N–H and O–H groups in total. The molecule has 0 aliphatic carbocycles. The van der Waals surface area contributed by atoms with Crippen molar-refractivity contribution in [1.29, 1.82) is 0 Å². The first-order valence-electron chi connectivity index (χ1n) is 4.54. The van der Waals surface area contributed by atoms with Crippen LogP contribution in [0.2, 0.25) is 0 Å². The van der Waals surface area contributed by atoms with Crippen LogP contribution in [0.4, 0.5) is 0 Å². The number of hydrogen-bond donors (Lipinski definition) is 2. The van der Waals surface area contributed by atoms with Gasteiger partial charge in [0.2, 0.25) is 0 Å². The van der Waals surface area contributed by atoms with Crippen molar-refractivity contribution in [3.63, 3.8) is 0 Å². The lowest BCUT2D eigenvalue weighted by Crippen LogP contribution is -2.42. The first-order chi connectivity index (χ1) is 6.94. The van der Waals surface area contributed by atoms with Crippen LogP contribution in [0, 0.1) is 12.3 Å². The highest BCUT2D eigenvalue weighted by molar-refractivity contribution is 5.95. The summed E-state index contributed by atoms with van der Waals surface area (Å²) in [6.45, 7) is 3.46. The lowest BCUT2D eigenvalue weighted by molar-refractivity contribution is 0.0929. The van der Waals surface area contributed by atoms with E-state index in [0.29, 0.717) is 5.56 Å². The minimum absolute atomic E-state index is 0.0566. The van der Waals surface area contributed by atoms with E-state index in [-0.39, 0.29) is 11.7 Å². The van der Waals surface area contributed by atoms with Crippen molar-refractivity contribution < 1.29 is 9.90 Å². The number of aromatic hydroxyl groups is 1. The van der Waals surface area contributed by atoms with E-state index in [4.69, 9.17) is 6.42 Å². The van der Waals surface area contributed by atoms with Gasteiger partial charge in [-0.15, -0.1) is 6.42 Å². The summed E-state index contributed by atoms with van der Waals surface area (Å²) in [4.78, 5) is 11.7. The zero-order valence-corrected chi connectivity index (χ0v) is 8.74. The highest BCUT2D eigenvalue weighted by Gasteiger charge is 2.17. The van der Waals surface area contributed by atoms with Gasteiger partial charge in [0.05, 0.1) is 5.54 Å². The molecular formula is C12H13NO2. The summed E-state index contributed by atoms with van der Waals surface area (Å²) < 4.78 is 0. The van der Waals surface area contributed by atoms with E-state index in [0.717, 1.165) is 0 Å². The monoisotopic (exact) mass is 203 g/mol. The molecule has 0 aromatic heterocycles. The Balaban J connectivity index is 2.84. The maximum absolute atomic E-state index is 11.7. The molecule has 1 aromatic carbocycles. The van der Waals surface area contributed by atoms with Crippen molar-refractivity contribution >= 4 is 5.91 Å². The van der Waals surface area contributed by atoms with Crippen LogP contribution in [0.5, 0.6) is 5.75 Å². The summed E-state index contributed by atoms with van der Waals surface area (Å²) in [5, 5.41) is 11.9. The van der Waals surface area contributed by atoms with E-state index < -0.39 is 5.54 Å². The normalized spacial score (nSPS) is 10.5. The first kappa shape index (κ1) is 11.1. The van der Waals surface area contributed by atoms with Crippen molar-refractivity contribution in [3.05, 3.63) is 29.8 Å². The molecule has 78 valence electrons. The molecule has 0 bridgehead atoms. The smallest absolute Gasteiger partial charge is 0.252 e. The minimum atomic E-state index is -0.692. The average Bonchev–Trinajstić information content (AvgIpc) is 2.17. The Hall–Kier alpha value is -1.95. The van der Waals surface area contributed by atoms with Gasteiger partial charge in [0, 0.05) is 5.56 Å². The average molecular weight is 203 g/mol. The zero-order chi connectivity index (χ0) is 11.5. The number of nitrogens with one attached hydrogen (secondary N) is 1. The first-order valence-corrected chi connectivity index (χ1v) is 4.54. The third-order valence-electron chi connectivity index (χ3n) is 1.90. The second-order valence-corrected chi connectivity index (χ2v) is 3.77. The van der Waals surface area contributed by atoms with Gasteiger partial charge in [-0.1, -0.05) is 12.0 Å². The largest absolute Gasteiger partial charge is 0.508 e. The van der Waals surface area contributed by atoms with E-state index >= 15 is 0 Å². The van der Waals surface area contributed by atoms with Crippen molar-refractivity contribution in [3.8, 4) is 18.1 Å². The lowest BCUT2D eigenvalue weighted by Gasteiger charge is -2.19. The van der Waals surface area contributed by atoms with Gasteiger partial charge in [0.1, 0.15) is 5.75 Å². The van der Waals surface area contributed by atoms with Crippen molar-refractivity contribution in [2.45, 2.75) is 19.4 Å². The topological polar surface area (TPSA) is 49.3 Å². The Morgan fingerprint density at radius 2 is 2.20 bits per heavy atom. The summed E-state index contributed by atoms with van der Waals surface area (Å²) in [5.74, 6) is 2.22. The van der Waals surface area contributed by atoms with Gasteiger partial charge < -0.3 is 10.4 Å². The highest BCUT2D eigenvalue weighted by atomic mass is 16.3. The quantitative estimate of drug-likeness (QED) is 0.716. The second-order valence-electron chi connectivity index (χ2n) is 3.77. The van der Waals surface area contributed by atoms with E-state index in [1.807, 2.05) is 0 Å². The third-order valence-corrected chi connectivity index (χ3v) is 1.90. The number of carbonyl (C=O) groups excluding carboxylic acids is 1. The molecule has 0 atom stereocenters. The molecule has 0 saturated carbocycles. The summed E-state index contributed by atoms with van der Waals surface area (Å²) >= 11 is 0. The molecule has 0 unspecified atom stereocenters. The van der Waals surface area contributed by atoms with E-state index in [1.165, 1.54) is 12.1 Å². The predicted molar refractivity (Wildman–Crippen MR) is 58.5 cm³/mol. The van der Waals surface area contributed by atoms with E-state index in [1.54, 1.807) is 26.0 Å². The van der Waals surface area contributed by atoms with Gasteiger partial charge in [-0.05, 0) is 32.0 Å². The molecule has 3 heteroatoms. The number of carbonyl (C=O) groups is 1. The third kappa shape index (κ3) is 3.03. The predicted octanol–water partition coefficient (Wildman–Crippen LogP) is 1.53. The number of benzene rings is 1. The van der Waals surface area contributed by atoms with Crippen LogP contribution in [0.15, 0.2) is 24.3 Å². The van der Waals surface area contributed by atoms with Crippen LogP contribution in [-0.4, -0.2) is 16.6 Å². The summed E-state index contributed by atoms with van der Waals surface area (Å²) in [5.41, 5.74) is -0.305. The molecule has 3 nitrogen and oxygen atoms in total. The van der Waals surface area contributed by atoms with Gasteiger partial charge in [0.15, 0.2) is 0 Å². The Labute approximate surface area is 89.1 Å². The van der Waals surface area contributed by atoms with Crippen LogP contribution in [0.3, 0.4) is 0 Å². The van der Waals surface area contributed by atoms with Crippen LogP contribution >= 0.6 is 0 Å². The standard InChI is InChI=1S/C12H13NO2/c1-4-12(2,3)13-11(15)9-6-5-7-10(14)8-9/h1,5-8,14H,2-3H3,(H,13,15). The zero-order valence-electron chi connectivity index (χ0n) is 8.74. The van der Waals surface area contributed by atoms with Gasteiger partial charge in [-0.2, -0.15) is 0 Å². The van der Waals surface area contributed by atoms with Crippen molar-refractivity contribution in [2.24, 2.45) is 0 Å². The van der Waals surface area contributed by atoms with Crippen LogP contribution < -0.4 is 5.32 Å². The Morgan fingerprint density at radius 1 is 1.53 bits per heavy atom. The molecule has 1 aromatic rings. The fourth-order valence-electron chi connectivity index (χ4n) is 1.04. The molecule has 0 radical (unpaired) electrons. The molecule has 0 saturated heterocycles. The summed E-state index contributed by atoms with van der Waals surface area (Å²) in [6.07, 6.45) is 5.25. The lowest BCUT2D eigenvalue weighted by atomic mass is 10.1. The van der Waals surface area contributed by atoms with Gasteiger partial charge in [0.25, 0.3) is 5.91 Å². The second kappa shape index (κ2) is 4.05.